The van der Waals surface area contributed by atoms with Gasteiger partial charge in [-0.3, -0.25) is 9.88 Å². The molecule has 0 aliphatic carbocycles. The van der Waals surface area contributed by atoms with Crippen molar-refractivity contribution in [3.8, 4) is 0 Å². The summed E-state index contributed by atoms with van der Waals surface area (Å²) in [7, 11) is 0. The highest BCUT2D eigenvalue weighted by molar-refractivity contribution is 5.84. The summed E-state index contributed by atoms with van der Waals surface area (Å²) < 4.78 is 13.4. The number of hydrogen-bond acceptors (Lipinski definition) is 3. The monoisotopic (exact) mass is 259 g/mol. The largest absolute Gasteiger partial charge is 0.326 e. The van der Waals surface area contributed by atoms with Crippen LogP contribution in [0.15, 0.2) is 18.2 Å². The molecule has 100 valence electrons. The number of fused-ring (bicyclic) bond motifs is 2. The van der Waals surface area contributed by atoms with Gasteiger partial charge in [0, 0.05) is 37.1 Å². The van der Waals surface area contributed by atoms with Crippen molar-refractivity contribution in [3.05, 3.63) is 40.8 Å². The summed E-state index contributed by atoms with van der Waals surface area (Å²) in [5, 5.41) is 0.860. The van der Waals surface area contributed by atoms with E-state index in [1.165, 1.54) is 11.6 Å². The molecule has 0 unspecified atom stereocenters. The van der Waals surface area contributed by atoms with Crippen LogP contribution in [0.2, 0.25) is 0 Å². The van der Waals surface area contributed by atoms with E-state index >= 15 is 0 Å². The number of hydrogen-bond donors (Lipinski definition) is 1. The Hall–Kier alpha value is -1.52. The van der Waals surface area contributed by atoms with Crippen LogP contribution in [0.25, 0.3) is 10.9 Å². The Labute approximate surface area is 112 Å². The predicted molar refractivity (Wildman–Crippen MR) is 74.2 cm³/mol. The molecule has 4 heteroatoms. The molecule has 2 N–H and O–H groups in total. The lowest BCUT2D eigenvalue weighted by Crippen LogP contribution is -2.32. The molecule has 0 bridgehead atoms. The van der Waals surface area contributed by atoms with Crippen molar-refractivity contribution in [2.75, 3.05) is 13.1 Å². The number of halogens is 1. The second-order valence-corrected chi connectivity index (χ2v) is 5.00. The first kappa shape index (κ1) is 12.5. The minimum Gasteiger partial charge on any atom is -0.326 e. The fourth-order valence-electron chi connectivity index (χ4n) is 2.86. The van der Waals surface area contributed by atoms with Gasteiger partial charge in [0.25, 0.3) is 0 Å². The first-order chi connectivity index (χ1) is 9.22. The van der Waals surface area contributed by atoms with Gasteiger partial charge in [-0.1, -0.05) is 6.92 Å². The minimum absolute atomic E-state index is 0.230. The zero-order valence-corrected chi connectivity index (χ0v) is 11.1. The van der Waals surface area contributed by atoms with E-state index in [-0.39, 0.29) is 5.82 Å². The van der Waals surface area contributed by atoms with E-state index in [0.717, 1.165) is 48.2 Å². The van der Waals surface area contributed by atoms with Gasteiger partial charge < -0.3 is 5.73 Å². The summed E-state index contributed by atoms with van der Waals surface area (Å²) in [6, 6.07) is 4.76. The van der Waals surface area contributed by atoms with Crippen molar-refractivity contribution in [1.29, 1.82) is 0 Å². The van der Waals surface area contributed by atoms with Gasteiger partial charge in [0.1, 0.15) is 5.82 Å². The molecule has 0 saturated heterocycles. The van der Waals surface area contributed by atoms with Crippen molar-refractivity contribution < 1.29 is 4.39 Å². The second-order valence-electron chi connectivity index (χ2n) is 5.00. The number of benzene rings is 1. The Balaban J connectivity index is 2.23. The summed E-state index contributed by atoms with van der Waals surface area (Å²) in [4.78, 5) is 7.05. The van der Waals surface area contributed by atoms with Crippen LogP contribution in [0, 0.1) is 5.82 Å². The molecule has 3 nitrogen and oxygen atoms in total. The molecule has 19 heavy (non-hydrogen) atoms. The lowest BCUT2D eigenvalue weighted by atomic mass is 9.96. The van der Waals surface area contributed by atoms with E-state index < -0.39 is 0 Å². The van der Waals surface area contributed by atoms with E-state index in [9.17, 15) is 4.39 Å². The van der Waals surface area contributed by atoms with E-state index in [1.807, 2.05) is 0 Å². The quantitative estimate of drug-likeness (QED) is 0.899. The maximum absolute atomic E-state index is 13.4. The maximum atomic E-state index is 13.4. The molecule has 1 aromatic heterocycles. The van der Waals surface area contributed by atoms with Crippen LogP contribution in [-0.4, -0.2) is 23.0 Å². The molecule has 0 radical (unpaired) electrons. The van der Waals surface area contributed by atoms with E-state index in [0.29, 0.717) is 6.54 Å². The van der Waals surface area contributed by atoms with Crippen molar-refractivity contribution in [2.24, 2.45) is 5.73 Å². The van der Waals surface area contributed by atoms with Crippen LogP contribution in [-0.2, 0) is 19.5 Å². The van der Waals surface area contributed by atoms with Gasteiger partial charge in [-0.2, -0.15) is 0 Å². The van der Waals surface area contributed by atoms with Crippen LogP contribution in [0.4, 0.5) is 4.39 Å². The van der Waals surface area contributed by atoms with Crippen LogP contribution < -0.4 is 5.73 Å². The minimum atomic E-state index is -0.230. The predicted octanol–water partition coefficient (Wildman–Crippen LogP) is 2.21. The van der Waals surface area contributed by atoms with Crippen molar-refractivity contribution in [2.45, 2.75) is 26.4 Å². The molecule has 1 aromatic carbocycles. The van der Waals surface area contributed by atoms with Gasteiger partial charge in [-0.05, 0) is 35.9 Å². The Kier molecular flexibility index (Phi) is 3.21. The molecule has 0 amide bonds. The molecule has 0 fully saturated rings. The van der Waals surface area contributed by atoms with Gasteiger partial charge in [-0.25, -0.2) is 4.39 Å². The third-order valence-electron chi connectivity index (χ3n) is 3.95. The molecular formula is C15H18FN3. The third kappa shape index (κ3) is 2.11. The average molecular weight is 259 g/mol. The van der Waals surface area contributed by atoms with Gasteiger partial charge in [0.2, 0.25) is 0 Å². The number of nitrogens with zero attached hydrogens (tertiary/aromatic N) is 2. The normalized spacial score (nSPS) is 15.7. The van der Waals surface area contributed by atoms with Crippen LogP contribution in [0.3, 0.4) is 0 Å². The van der Waals surface area contributed by atoms with Crippen molar-refractivity contribution in [1.82, 2.24) is 9.88 Å². The van der Waals surface area contributed by atoms with Gasteiger partial charge in [-0.15, -0.1) is 0 Å². The van der Waals surface area contributed by atoms with Gasteiger partial charge in [0.05, 0.1) is 5.52 Å². The Morgan fingerprint density at radius 1 is 1.42 bits per heavy atom. The number of nitrogens with two attached hydrogens (primary N) is 1. The van der Waals surface area contributed by atoms with E-state index in [4.69, 9.17) is 5.73 Å². The van der Waals surface area contributed by atoms with Crippen molar-refractivity contribution in [3.63, 3.8) is 0 Å². The van der Waals surface area contributed by atoms with E-state index in [2.05, 4.69) is 16.8 Å². The summed E-state index contributed by atoms with van der Waals surface area (Å²) in [5.41, 5.74) is 10.1. The Morgan fingerprint density at radius 3 is 3.00 bits per heavy atom. The van der Waals surface area contributed by atoms with E-state index in [1.54, 1.807) is 12.1 Å². The average Bonchev–Trinajstić information content (AvgIpc) is 2.44. The lowest BCUT2D eigenvalue weighted by Gasteiger charge is -2.29. The summed E-state index contributed by atoms with van der Waals surface area (Å²) >= 11 is 0. The number of likely N-dealkylation sites (N-methyl/N-ethyl adjacent to an activating group) is 1. The van der Waals surface area contributed by atoms with Crippen LogP contribution in [0.1, 0.15) is 23.7 Å². The number of rotatable bonds is 2. The fraction of sp³-hybridized carbons (Fsp3) is 0.400. The smallest absolute Gasteiger partial charge is 0.123 e. The molecule has 0 spiro atoms. The number of pyridine rings is 1. The standard InChI is InChI=1S/C15H18FN3/c1-2-19-6-5-15-13(9-19)12(8-17)11-7-10(16)3-4-14(11)18-15/h3-4,7H,2,5-6,8-9,17H2,1H3. The zero-order chi connectivity index (χ0) is 13.4. The Bertz CT molecular complexity index is 624. The molecule has 2 aromatic rings. The molecule has 2 heterocycles. The number of aromatic nitrogens is 1. The first-order valence-corrected chi connectivity index (χ1v) is 6.75. The first-order valence-electron chi connectivity index (χ1n) is 6.75. The van der Waals surface area contributed by atoms with Gasteiger partial charge in [0.15, 0.2) is 0 Å². The summed E-state index contributed by atoms with van der Waals surface area (Å²) in [6.45, 7) is 5.51. The summed E-state index contributed by atoms with van der Waals surface area (Å²) in [6.07, 6.45) is 0.948. The highest BCUT2D eigenvalue weighted by Crippen LogP contribution is 2.28. The molecule has 1 aliphatic heterocycles. The third-order valence-corrected chi connectivity index (χ3v) is 3.95. The zero-order valence-electron chi connectivity index (χ0n) is 11.1. The SMILES string of the molecule is CCN1CCc2nc3ccc(F)cc3c(CN)c2C1. The second kappa shape index (κ2) is 4.87. The summed E-state index contributed by atoms with van der Waals surface area (Å²) in [5.74, 6) is -0.230. The van der Waals surface area contributed by atoms with Crippen LogP contribution >= 0.6 is 0 Å². The topological polar surface area (TPSA) is 42.2 Å². The molecular weight excluding hydrogens is 241 g/mol. The molecule has 0 atom stereocenters. The van der Waals surface area contributed by atoms with Gasteiger partial charge >= 0.3 is 0 Å². The van der Waals surface area contributed by atoms with Crippen LogP contribution in [0.5, 0.6) is 0 Å². The molecule has 1 aliphatic rings. The Morgan fingerprint density at radius 2 is 2.26 bits per heavy atom. The van der Waals surface area contributed by atoms with Crippen molar-refractivity contribution >= 4 is 10.9 Å². The maximum Gasteiger partial charge on any atom is 0.123 e. The molecule has 3 rings (SSSR count). The lowest BCUT2D eigenvalue weighted by molar-refractivity contribution is 0.265. The fourth-order valence-corrected chi connectivity index (χ4v) is 2.86. The molecule has 0 saturated carbocycles. The highest BCUT2D eigenvalue weighted by Gasteiger charge is 2.21. The highest BCUT2D eigenvalue weighted by atomic mass is 19.1.